The second kappa shape index (κ2) is 5.73. The summed E-state index contributed by atoms with van der Waals surface area (Å²) in [5.41, 5.74) is 0. The maximum Gasteiger partial charge on any atom is -0.00134 e. The quantitative estimate of drug-likeness (QED) is 0.167. The molecule has 0 spiro atoms. The normalized spacial score (nSPS) is 12.7. The molecule has 0 amide bonds. The van der Waals surface area contributed by atoms with E-state index < -0.39 is 0 Å². The highest BCUT2D eigenvalue weighted by Gasteiger charge is 2.20. The van der Waals surface area contributed by atoms with Gasteiger partial charge in [-0.05, 0) is 110 Å². The highest BCUT2D eigenvalue weighted by molar-refractivity contribution is 6.43. The zero-order valence-corrected chi connectivity index (χ0v) is 18.4. The molecular weight excluding hydrogens is 408 g/mol. The molecule has 0 heteroatoms. The number of hydrogen-bond donors (Lipinski definition) is 0. The van der Waals surface area contributed by atoms with Gasteiger partial charge in [0.25, 0.3) is 0 Å². The lowest BCUT2D eigenvalue weighted by atomic mass is 9.86. The zero-order chi connectivity index (χ0) is 22.0. The lowest BCUT2D eigenvalue weighted by molar-refractivity contribution is 1.82. The second-order valence-electron chi connectivity index (χ2n) is 9.69. The summed E-state index contributed by atoms with van der Waals surface area (Å²) in [7, 11) is 0. The van der Waals surface area contributed by atoms with Crippen molar-refractivity contribution in [2.24, 2.45) is 0 Å². The molecule has 9 aromatic carbocycles. The Bertz CT molecular complexity index is 2260. The molecule has 154 valence electrons. The maximum atomic E-state index is 2.47. The molecule has 9 rings (SSSR count). The lowest BCUT2D eigenvalue weighted by Crippen LogP contribution is -1.88. The first-order valence-electron chi connectivity index (χ1n) is 12.0. The topological polar surface area (TPSA) is 0 Å². The summed E-state index contributed by atoms with van der Waals surface area (Å²) in [6, 6.07) is 40.9. The van der Waals surface area contributed by atoms with Gasteiger partial charge in [0.1, 0.15) is 0 Å². The van der Waals surface area contributed by atoms with Crippen molar-refractivity contribution in [3.05, 3.63) is 109 Å². The molecule has 34 heavy (non-hydrogen) atoms. The smallest absolute Gasteiger partial charge is 0.00134 e. The van der Waals surface area contributed by atoms with Crippen LogP contribution in [0.3, 0.4) is 0 Å². The molecule has 0 saturated heterocycles. The SMILES string of the molecule is c1ccc2c(c1)cc1c2cc2c3cccc4cccc(c43)c3c4cc5ccccc5c4cc1c23. The molecule has 0 radical (unpaired) electrons. The fourth-order valence-electron chi connectivity index (χ4n) is 6.69. The van der Waals surface area contributed by atoms with Gasteiger partial charge >= 0.3 is 0 Å². The molecule has 0 nitrogen and oxygen atoms in total. The van der Waals surface area contributed by atoms with E-state index in [0.29, 0.717) is 0 Å². The minimum atomic E-state index is 1.31. The van der Waals surface area contributed by atoms with Crippen LogP contribution in [-0.2, 0) is 0 Å². The first-order valence-corrected chi connectivity index (χ1v) is 12.0. The Balaban J connectivity index is 1.73. The third-order valence-corrected chi connectivity index (χ3v) is 8.07. The van der Waals surface area contributed by atoms with Crippen LogP contribution in [0.25, 0.3) is 86.2 Å². The van der Waals surface area contributed by atoms with Gasteiger partial charge in [0.15, 0.2) is 0 Å². The van der Waals surface area contributed by atoms with E-state index >= 15 is 0 Å². The van der Waals surface area contributed by atoms with Crippen LogP contribution in [-0.4, -0.2) is 0 Å². The van der Waals surface area contributed by atoms with Gasteiger partial charge in [-0.15, -0.1) is 0 Å². The van der Waals surface area contributed by atoms with E-state index in [9.17, 15) is 0 Å². The van der Waals surface area contributed by atoms with Crippen LogP contribution < -0.4 is 0 Å². The molecule has 0 N–H and O–H groups in total. The highest BCUT2D eigenvalue weighted by Crippen LogP contribution is 2.48. The Labute approximate surface area is 195 Å². The molecule has 0 atom stereocenters. The van der Waals surface area contributed by atoms with E-state index in [4.69, 9.17) is 0 Å². The predicted octanol–water partition coefficient (Wildman–Crippen LogP) is 9.79. The molecule has 0 aliphatic rings. The van der Waals surface area contributed by atoms with Crippen molar-refractivity contribution in [1.29, 1.82) is 0 Å². The number of rotatable bonds is 0. The minimum absolute atomic E-state index is 1.31. The molecule has 0 saturated carbocycles. The van der Waals surface area contributed by atoms with Crippen LogP contribution >= 0.6 is 0 Å². The Morgan fingerprint density at radius 3 is 1.41 bits per heavy atom. The summed E-state index contributed by atoms with van der Waals surface area (Å²) in [6.45, 7) is 0. The van der Waals surface area contributed by atoms with Gasteiger partial charge in [-0.2, -0.15) is 0 Å². The van der Waals surface area contributed by atoms with E-state index in [-0.39, 0.29) is 0 Å². The van der Waals surface area contributed by atoms with E-state index in [0.717, 1.165) is 0 Å². The number of hydrogen-bond acceptors (Lipinski definition) is 0. The summed E-state index contributed by atoms with van der Waals surface area (Å²) in [6.07, 6.45) is 0. The van der Waals surface area contributed by atoms with E-state index in [1.54, 1.807) is 0 Å². The van der Waals surface area contributed by atoms with Gasteiger partial charge in [0.05, 0.1) is 0 Å². The van der Waals surface area contributed by atoms with Crippen molar-refractivity contribution in [1.82, 2.24) is 0 Å². The molecule has 0 aliphatic heterocycles. The third kappa shape index (κ3) is 1.89. The van der Waals surface area contributed by atoms with Crippen molar-refractivity contribution in [3.63, 3.8) is 0 Å². The van der Waals surface area contributed by atoms with Gasteiger partial charge < -0.3 is 0 Å². The maximum absolute atomic E-state index is 2.47. The van der Waals surface area contributed by atoms with Crippen LogP contribution in [0.1, 0.15) is 0 Å². The monoisotopic (exact) mass is 426 g/mol. The van der Waals surface area contributed by atoms with Crippen molar-refractivity contribution in [2.45, 2.75) is 0 Å². The molecule has 0 aromatic heterocycles. The fourth-order valence-corrected chi connectivity index (χ4v) is 6.69. The molecule has 0 unspecified atom stereocenters. The van der Waals surface area contributed by atoms with Crippen molar-refractivity contribution < 1.29 is 0 Å². The average molecular weight is 427 g/mol. The van der Waals surface area contributed by atoms with Gasteiger partial charge in [-0.25, -0.2) is 0 Å². The number of benzene rings is 7. The van der Waals surface area contributed by atoms with Gasteiger partial charge in [-0.3, -0.25) is 0 Å². The Morgan fingerprint density at radius 1 is 0.235 bits per heavy atom. The standard InChI is InChI=1S/C34H18/c1-3-11-22-20(7-1)15-26-27(22)17-30-24-13-5-9-19-10-6-14-25(32(19)24)33-29-16-21-8-2-4-12-23(21)28(29)18-31(26)34(30)33/h1-18H. The van der Waals surface area contributed by atoms with Crippen molar-refractivity contribution in [3.8, 4) is 0 Å². The zero-order valence-electron chi connectivity index (χ0n) is 18.4. The van der Waals surface area contributed by atoms with E-state index in [1.807, 2.05) is 0 Å². The van der Waals surface area contributed by atoms with Crippen molar-refractivity contribution >= 4 is 86.2 Å². The largest absolute Gasteiger partial charge is 0.0616 e. The van der Waals surface area contributed by atoms with Crippen LogP contribution in [0.15, 0.2) is 109 Å². The van der Waals surface area contributed by atoms with Crippen LogP contribution in [0.4, 0.5) is 0 Å². The van der Waals surface area contributed by atoms with Crippen LogP contribution in [0.5, 0.6) is 0 Å². The van der Waals surface area contributed by atoms with Crippen LogP contribution in [0, 0.1) is 0 Å². The Kier molecular flexibility index (Phi) is 2.88. The van der Waals surface area contributed by atoms with E-state index in [1.165, 1.54) is 86.2 Å². The second-order valence-corrected chi connectivity index (χ2v) is 9.69. The average Bonchev–Trinajstić information content (AvgIpc) is 3.45. The Morgan fingerprint density at radius 2 is 0.676 bits per heavy atom. The molecule has 9 aromatic rings. The summed E-state index contributed by atoms with van der Waals surface area (Å²) < 4.78 is 0. The van der Waals surface area contributed by atoms with Crippen molar-refractivity contribution in [2.75, 3.05) is 0 Å². The Hall–Kier alpha value is -4.42. The molecule has 0 heterocycles. The first-order chi connectivity index (χ1) is 16.9. The third-order valence-electron chi connectivity index (χ3n) is 8.07. The van der Waals surface area contributed by atoms with Gasteiger partial charge in [0, 0.05) is 0 Å². The molecule has 0 bridgehead atoms. The summed E-state index contributed by atoms with van der Waals surface area (Å²) >= 11 is 0. The molecule has 0 aliphatic carbocycles. The first kappa shape index (κ1) is 17.1. The summed E-state index contributed by atoms with van der Waals surface area (Å²) in [5.74, 6) is 0. The van der Waals surface area contributed by atoms with Gasteiger partial charge in [0.2, 0.25) is 0 Å². The van der Waals surface area contributed by atoms with E-state index in [2.05, 4.69) is 109 Å². The van der Waals surface area contributed by atoms with Gasteiger partial charge in [-0.1, -0.05) is 84.9 Å². The lowest BCUT2D eigenvalue weighted by Gasteiger charge is -2.16. The highest BCUT2D eigenvalue weighted by atomic mass is 14.2. The predicted molar refractivity (Wildman–Crippen MR) is 149 cm³/mol. The summed E-state index contributed by atoms with van der Waals surface area (Å²) in [5, 5.41) is 21.7. The molecular formula is C34H18. The number of fused-ring (bicyclic) bond motifs is 10. The minimum Gasteiger partial charge on any atom is -0.0616 e. The fraction of sp³-hybridized carbons (Fsp3) is 0. The summed E-state index contributed by atoms with van der Waals surface area (Å²) in [4.78, 5) is 0. The van der Waals surface area contributed by atoms with Crippen LogP contribution in [0.2, 0.25) is 0 Å². The molecule has 0 fully saturated rings.